The predicted octanol–water partition coefficient (Wildman–Crippen LogP) is 3.34. The van der Waals surface area contributed by atoms with Crippen molar-refractivity contribution in [2.24, 2.45) is 5.73 Å². The molecule has 0 bridgehead atoms. The number of aryl methyl sites for hydroxylation is 1. The summed E-state index contributed by atoms with van der Waals surface area (Å²) in [6.45, 7) is 0. The molecule has 1 aliphatic rings. The van der Waals surface area contributed by atoms with Gasteiger partial charge in [0.2, 0.25) is 0 Å². The maximum atomic E-state index is 12.7. The highest BCUT2D eigenvalue weighted by Crippen LogP contribution is 2.38. The Morgan fingerprint density at radius 3 is 2.50 bits per heavy atom. The summed E-state index contributed by atoms with van der Waals surface area (Å²) in [6, 6.07) is 9.47. The minimum Gasteiger partial charge on any atom is -0.378 e. The highest BCUT2D eigenvalue weighted by Gasteiger charge is 2.25. The zero-order chi connectivity index (χ0) is 20.3. The Bertz CT molecular complexity index is 981. The van der Waals surface area contributed by atoms with Crippen LogP contribution in [0, 0.1) is 11.3 Å². The van der Waals surface area contributed by atoms with E-state index in [-0.39, 0.29) is 5.57 Å². The molecular weight excluding hydrogens is 372 g/mol. The number of rotatable bonds is 5. The van der Waals surface area contributed by atoms with E-state index < -0.39 is 11.8 Å². The largest absolute Gasteiger partial charge is 0.378 e. The van der Waals surface area contributed by atoms with Gasteiger partial charge in [-0.3, -0.25) is 9.59 Å². The van der Waals surface area contributed by atoms with E-state index >= 15 is 0 Å². The Morgan fingerprint density at radius 1 is 1.21 bits per heavy atom. The Morgan fingerprint density at radius 2 is 1.89 bits per heavy atom. The fourth-order valence-corrected chi connectivity index (χ4v) is 4.56. The predicted molar refractivity (Wildman–Crippen MR) is 112 cm³/mol. The van der Waals surface area contributed by atoms with Crippen LogP contribution >= 0.6 is 11.3 Å². The lowest BCUT2D eigenvalue weighted by Crippen LogP contribution is -2.19. The molecule has 2 aromatic rings. The molecule has 3 rings (SSSR count). The van der Waals surface area contributed by atoms with E-state index in [0.29, 0.717) is 10.6 Å². The van der Waals surface area contributed by atoms with Crippen molar-refractivity contribution in [2.45, 2.75) is 25.7 Å². The van der Waals surface area contributed by atoms with Gasteiger partial charge >= 0.3 is 0 Å². The molecule has 2 amide bonds. The summed E-state index contributed by atoms with van der Waals surface area (Å²) in [7, 11) is 3.88. The number of amides is 2. The molecule has 1 aromatic carbocycles. The number of hydrogen-bond acceptors (Lipinski definition) is 5. The lowest BCUT2D eigenvalue weighted by molar-refractivity contribution is -0.112. The van der Waals surface area contributed by atoms with Crippen LogP contribution in [-0.4, -0.2) is 25.9 Å². The van der Waals surface area contributed by atoms with E-state index in [1.165, 1.54) is 17.4 Å². The lowest BCUT2D eigenvalue weighted by atomic mass is 9.95. The summed E-state index contributed by atoms with van der Waals surface area (Å²) in [6.07, 6.45) is 5.27. The fourth-order valence-electron chi connectivity index (χ4n) is 3.27. The zero-order valence-electron chi connectivity index (χ0n) is 15.9. The number of primary amides is 1. The van der Waals surface area contributed by atoms with Crippen molar-refractivity contribution in [1.82, 2.24) is 0 Å². The minimum absolute atomic E-state index is 0.0283. The fraction of sp³-hybridized carbons (Fsp3) is 0.286. The van der Waals surface area contributed by atoms with Crippen LogP contribution in [0.15, 0.2) is 29.8 Å². The van der Waals surface area contributed by atoms with Gasteiger partial charge in [0.15, 0.2) is 0 Å². The lowest BCUT2D eigenvalue weighted by Gasteiger charge is -2.12. The van der Waals surface area contributed by atoms with Gasteiger partial charge in [0.25, 0.3) is 11.8 Å². The van der Waals surface area contributed by atoms with E-state index in [0.717, 1.165) is 47.4 Å². The van der Waals surface area contributed by atoms with Crippen LogP contribution in [0.4, 0.5) is 10.7 Å². The molecular formula is C21H22N4O2S. The van der Waals surface area contributed by atoms with Crippen molar-refractivity contribution in [3.05, 3.63) is 51.4 Å². The number of nitrogens with zero attached hydrogens (tertiary/aromatic N) is 2. The van der Waals surface area contributed by atoms with Crippen LogP contribution in [-0.2, 0) is 17.6 Å². The first-order valence-electron chi connectivity index (χ1n) is 9.05. The summed E-state index contributed by atoms with van der Waals surface area (Å²) in [5.74, 6) is -1.09. The molecule has 144 valence electrons. The summed E-state index contributed by atoms with van der Waals surface area (Å²) < 4.78 is 0. The molecule has 0 saturated carbocycles. The van der Waals surface area contributed by atoms with Gasteiger partial charge in [-0.15, -0.1) is 11.3 Å². The average Bonchev–Trinajstić information content (AvgIpc) is 3.04. The van der Waals surface area contributed by atoms with Crippen molar-refractivity contribution in [3.63, 3.8) is 0 Å². The summed E-state index contributed by atoms with van der Waals surface area (Å²) >= 11 is 1.38. The minimum atomic E-state index is -0.545. The van der Waals surface area contributed by atoms with Gasteiger partial charge in [-0.1, -0.05) is 12.1 Å². The molecule has 0 unspecified atom stereocenters. The third kappa shape index (κ3) is 4.07. The van der Waals surface area contributed by atoms with Gasteiger partial charge in [0.05, 0.1) is 5.56 Å². The number of carbonyl (C=O) groups excluding carboxylic acids is 2. The molecule has 6 nitrogen and oxygen atoms in total. The van der Waals surface area contributed by atoms with E-state index in [9.17, 15) is 14.9 Å². The Hall–Kier alpha value is -3.11. The van der Waals surface area contributed by atoms with Gasteiger partial charge in [0.1, 0.15) is 16.6 Å². The molecule has 3 N–H and O–H groups in total. The van der Waals surface area contributed by atoms with E-state index in [2.05, 4.69) is 5.32 Å². The molecule has 0 radical (unpaired) electrons. The number of hydrogen-bond donors (Lipinski definition) is 2. The summed E-state index contributed by atoms with van der Waals surface area (Å²) in [5.41, 5.74) is 8.64. The molecule has 7 heteroatoms. The first kappa shape index (κ1) is 19.6. The van der Waals surface area contributed by atoms with Crippen LogP contribution in [0.5, 0.6) is 0 Å². The van der Waals surface area contributed by atoms with E-state index in [1.54, 1.807) is 0 Å². The zero-order valence-corrected chi connectivity index (χ0v) is 16.7. The first-order chi connectivity index (χ1) is 13.4. The number of nitrogens with one attached hydrogen (secondary N) is 1. The average molecular weight is 395 g/mol. The van der Waals surface area contributed by atoms with Crippen LogP contribution < -0.4 is 16.0 Å². The van der Waals surface area contributed by atoms with Gasteiger partial charge in [-0.25, -0.2) is 0 Å². The van der Waals surface area contributed by atoms with Crippen molar-refractivity contribution in [3.8, 4) is 6.07 Å². The van der Waals surface area contributed by atoms with E-state index in [4.69, 9.17) is 5.73 Å². The second-order valence-electron chi connectivity index (χ2n) is 6.89. The number of fused-ring (bicyclic) bond motifs is 1. The van der Waals surface area contributed by atoms with E-state index in [1.807, 2.05) is 49.3 Å². The normalized spacial score (nSPS) is 13.4. The standard InChI is InChI=1S/C21H22N4O2S/c1-25(2)15-9-7-13(8-10-15)11-14(12-22)20(27)24-21-18(19(23)26)16-5-3-4-6-17(16)28-21/h7-11H,3-6H2,1-2H3,(H2,23,26)(H,24,27)/b14-11+. The van der Waals surface area contributed by atoms with Crippen LogP contribution in [0.2, 0.25) is 0 Å². The third-order valence-electron chi connectivity index (χ3n) is 4.73. The van der Waals surface area contributed by atoms with Crippen molar-refractivity contribution in [2.75, 3.05) is 24.3 Å². The molecule has 0 fully saturated rings. The Labute approximate surface area is 168 Å². The highest BCUT2D eigenvalue weighted by atomic mass is 32.1. The van der Waals surface area contributed by atoms with Gasteiger partial charge in [-0.2, -0.15) is 5.26 Å². The number of carbonyl (C=O) groups is 2. The number of anilines is 2. The maximum absolute atomic E-state index is 12.7. The quantitative estimate of drug-likeness (QED) is 0.600. The smallest absolute Gasteiger partial charge is 0.266 e. The molecule has 28 heavy (non-hydrogen) atoms. The maximum Gasteiger partial charge on any atom is 0.266 e. The van der Waals surface area contributed by atoms with Crippen molar-refractivity contribution in [1.29, 1.82) is 5.26 Å². The molecule has 0 atom stereocenters. The van der Waals surface area contributed by atoms with Crippen LogP contribution in [0.25, 0.3) is 6.08 Å². The second kappa shape index (κ2) is 8.28. The number of benzene rings is 1. The number of nitriles is 1. The summed E-state index contributed by atoms with van der Waals surface area (Å²) in [4.78, 5) is 27.7. The number of thiophene rings is 1. The molecule has 0 saturated heterocycles. The van der Waals surface area contributed by atoms with Crippen LogP contribution in [0.1, 0.15) is 39.2 Å². The van der Waals surface area contributed by atoms with Gasteiger partial charge in [0, 0.05) is 24.7 Å². The molecule has 1 aromatic heterocycles. The topological polar surface area (TPSA) is 99.2 Å². The number of nitrogens with two attached hydrogens (primary N) is 1. The highest BCUT2D eigenvalue weighted by molar-refractivity contribution is 7.17. The SMILES string of the molecule is CN(C)c1ccc(/C=C(\C#N)C(=O)Nc2sc3c(c2C(N)=O)CCCC3)cc1. The van der Waals surface area contributed by atoms with Crippen molar-refractivity contribution < 1.29 is 9.59 Å². The third-order valence-corrected chi connectivity index (χ3v) is 5.94. The molecule has 1 aliphatic carbocycles. The van der Waals surface area contributed by atoms with Gasteiger partial charge in [-0.05, 0) is 55.0 Å². The van der Waals surface area contributed by atoms with Gasteiger partial charge < -0.3 is 16.0 Å². The molecule has 1 heterocycles. The summed E-state index contributed by atoms with van der Waals surface area (Å²) in [5, 5.41) is 12.6. The molecule has 0 aliphatic heterocycles. The monoisotopic (exact) mass is 394 g/mol. The Kier molecular flexibility index (Phi) is 5.81. The second-order valence-corrected chi connectivity index (χ2v) is 7.99. The van der Waals surface area contributed by atoms with Crippen LogP contribution in [0.3, 0.4) is 0 Å². The Balaban J connectivity index is 1.86. The van der Waals surface area contributed by atoms with Crippen molar-refractivity contribution >= 4 is 39.9 Å². The molecule has 0 spiro atoms. The first-order valence-corrected chi connectivity index (χ1v) is 9.87.